The van der Waals surface area contributed by atoms with Crippen molar-refractivity contribution >= 4 is 55.9 Å². The number of fused-ring (bicyclic) bond motifs is 4. The summed E-state index contributed by atoms with van der Waals surface area (Å²) in [6.45, 7) is 3.01. The van der Waals surface area contributed by atoms with Crippen molar-refractivity contribution in [3.05, 3.63) is 145 Å². The molecule has 8 rings (SSSR count). The molecule has 5 aromatic carbocycles. The Labute approximate surface area is 268 Å². The average Bonchev–Trinajstić information content (AvgIpc) is 3.65. The Kier molecular flexibility index (Phi) is 5.76. The molecule has 0 bridgehead atoms. The van der Waals surface area contributed by atoms with Gasteiger partial charge in [0.2, 0.25) is 0 Å². The van der Waals surface area contributed by atoms with E-state index in [2.05, 4.69) is 141 Å². The highest BCUT2D eigenvalue weighted by atomic mass is 15.4. The zero-order valence-electron chi connectivity index (χ0n) is 28.3. The molecular weight excluding hydrogens is 550 g/mol. The van der Waals surface area contributed by atoms with E-state index >= 15 is 0 Å². The predicted octanol–water partition coefficient (Wildman–Crippen LogP) is 10.3. The Morgan fingerprint density at radius 2 is 1.40 bits per heavy atom. The number of benzene rings is 5. The van der Waals surface area contributed by atoms with Crippen molar-refractivity contribution in [2.45, 2.75) is 26.7 Å². The lowest BCUT2D eigenvalue weighted by molar-refractivity contribution is 0.709. The second-order valence-corrected chi connectivity index (χ2v) is 11.8. The molecule has 0 aliphatic carbocycles. The lowest BCUT2D eigenvalue weighted by atomic mass is 10.1. The number of rotatable bonds is 6. The van der Waals surface area contributed by atoms with Crippen molar-refractivity contribution < 1.29 is 4.11 Å². The van der Waals surface area contributed by atoms with Gasteiger partial charge in [0.05, 0.1) is 29.1 Å². The summed E-state index contributed by atoms with van der Waals surface area (Å²) in [7, 11) is 0. The smallest absolute Gasteiger partial charge is 0.137 e. The monoisotopic (exact) mass is 588 g/mol. The maximum atomic E-state index is 8.04. The highest BCUT2D eigenvalue weighted by molar-refractivity contribution is 6.10. The molecule has 0 fully saturated rings. The Bertz CT molecular complexity index is 2280. The van der Waals surface area contributed by atoms with Crippen molar-refractivity contribution in [2.75, 3.05) is 21.4 Å². The third-order valence-corrected chi connectivity index (χ3v) is 8.70. The Hall–Kier alpha value is -5.55. The van der Waals surface area contributed by atoms with E-state index in [-0.39, 0.29) is 5.56 Å². The molecular formula is C40H35N5. The van der Waals surface area contributed by atoms with Gasteiger partial charge >= 0.3 is 0 Å². The molecule has 0 amide bonds. The zero-order valence-corrected chi connectivity index (χ0v) is 25.3. The molecule has 0 saturated heterocycles. The third kappa shape index (κ3) is 4.59. The van der Waals surface area contributed by atoms with Crippen molar-refractivity contribution in [2.24, 2.45) is 0 Å². The van der Waals surface area contributed by atoms with E-state index < -0.39 is 6.85 Å². The molecule has 0 atom stereocenters. The second kappa shape index (κ2) is 10.9. The Morgan fingerprint density at radius 3 is 2.24 bits per heavy atom. The molecule has 3 heterocycles. The normalized spacial score (nSPS) is 14.1. The van der Waals surface area contributed by atoms with E-state index in [0.29, 0.717) is 11.9 Å². The first-order valence-electron chi connectivity index (χ1n) is 16.9. The first kappa shape index (κ1) is 23.9. The van der Waals surface area contributed by atoms with Gasteiger partial charge in [-0.1, -0.05) is 60.7 Å². The molecule has 5 nitrogen and oxygen atoms in total. The van der Waals surface area contributed by atoms with Gasteiger partial charge in [-0.3, -0.25) is 4.57 Å². The molecule has 220 valence electrons. The van der Waals surface area contributed by atoms with Gasteiger partial charge in [0.1, 0.15) is 5.82 Å². The quantitative estimate of drug-likeness (QED) is 0.193. The van der Waals surface area contributed by atoms with Gasteiger partial charge in [-0.25, -0.2) is 4.98 Å². The van der Waals surface area contributed by atoms with E-state index in [0.717, 1.165) is 51.2 Å². The van der Waals surface area contributed by atoms with Crippen LogP contribution in [0.15, 0.2) is 140 Å². The van der Waals surface area contributed by atoms with Crippen LogP contribution in [0.25, 0.3) is 27.6 Å². The summed E-state index contributed by atoms with van der Waals surface area (Å²) < 4.78 is 26.2. The molecule has 2 aromatic heterocycles. The molecule has 1 aliphatic heterocycles. The van der Waals surface area contributed by atoms with Gasteiger partial charge in [0.15, 0.2) is 0 Å². The van der Waals surface area contributed by atoms with E-state index in [4.69, 9.17) is 4.11 Å². The summed E-state index contributed by atoms with van der Waals surface area (Å²) >= 11 is 0. The highest BCUT2D eigenvalue weighted by Crippen LogP contribution is 2.44. The van der Waals surface area contributed by atoms with Gasteiger partial charge in [0, 0.05) is 49.9 Å². The lowest BCUT2D eigenvalue weighted by Crippen LogP contribution is -2.33. The van der Waals surface area contributed by atoms with Crippen LogP contribution in [0, 0.1) is 6.85 Å². The van der Waals surface area contributed by atoms with Crippen LogP contribution < -0.4 is 14.7 Å². The molecule has 0 radical (unpaired) electrons. The first-order chi connectivity index (χ1) is 23.3. The molecule has 0 unspecified atom stereocenters. The molecule has 1 aliphatic rings. The Morgan fingerprint density at radius 1 is 0.667 bits per heavy atom. The van der Waals surface area contributed by atoms with Crippen LogP contribution in [-0.2, 0) is 0 Å². The van der Waals surface area contributed by atoms with Crippen LogP contribution in [0.1, 0.15) is 23.5 Å². The van der Waals surface area contributed by atoms with Crippen LogP contribution >= 0.6 is 0 Å². The molecule has 0 saturated carbocycles. The van der Waals surface area contributed by atoms with Crippen molar-refractivity contribution in [3.63, 3.8) is 0 Å². The topological polar surface area (TPSA) is 27.5 Å². The highest BCUT2D eigenvalue weighted by Gasteiger charge is 2.28. The van der Waals surface area contributed by atoms with Crippen LogP contribution in [0.2, 0.25) is 0 Å². The molecule has 45 heavy (non-hydrogen) atoms. The number of anilines is 6. The number of hydrogen-bond acceptors (Lipinski definition) is 4. The molecule has 7 aromatic rings. The van der Waals surface area contributed by atoms with Crippen LogP contribution in [-0.4, -0.2) is 22.3 Å². The van der Waals surface area contributed by atoms with Crippen LogP contribution in [0.4, 0.5) is 34.1 Å². The standard InChI is InChI=1S/C40H35N5/c1-28(2)42-27-43(38-19-10-9-18-37(38)42)31-14-11-15-32(25-31)44(30-12-5-4-6-13-30)33-20-21-35-34-16-7-8-17-36(34)45(39(35)26-33)40-24-29(3)22-23-41-40/h4-26,28H,27H2,1-3H3/i3D3. The van der Waals surface area contributed by atoms with Crippen LogP contribution in [0.5, 0.6) is 0 Å². The maximum Gasteiger partial charge on any atom is 0.137 e. The number of pyridine rings is 1. The summed E-state index contributed by atoms with van der Waals surface area (Å²) in [5.41, 5.74) is 8.78. The maximum absolute atomic E-state index is 8.04. The van der Waals surface area contributed by atoms with E-state index in [1.807, 2.05) is 18.2 Å². The van der Waals surface area contributed by atoms with E-state index in [1.165, 1.54) is 11.4 Å². The van der Waals surface area contributed by atoms with Crippen LogP contribution in [0.3, 0.4) is 0 Å². The van der Waals surface area contributed by atoms with Gasteiger partial charge in [-0.2, -0.15) is 0 Å². The molecule has 5 heteroatoms. The van der Waals surface area contributed by atoms with Gasteiger partial charge < -0.3 is 14.7 Å². The van der Waals surface area contributed by atoms with Crippen molar-refractivity contribution in [1.82, 2.24) is 9.55 Å². The minimum absolute atomic E-state index is 0.261. The minimum atomic E-state index is -2.24. The molecule has 0 spiro atoms. The summed E-state index contributed by atoms with van der Waals surface area (Å²) in [4.78, 5) is 11.8. The number of para-hydroxylation sites is 4. The number of aryl methyl sites for hydroxylation is 1. The summed E-state index contributed by atoms with van der Waals surface area (Å²) in [5.74, 6) is 0.572. The molecule has 0 N–H and O–H groups in total. The van der Waals surface area contributed by atoms with Gasteiger partial charge in [-0.15, -0.1) is 0 Å². The minimum Gasteiger partial charge on any atom is -0.349 e. The number of aromatic nitrogens is 2. The average molecular weight is 589 g/mol. The number of nitrogens with zero attached hydrogens (tertiary/aromatic N) is 5. The fraction of sp³-hybridized carbons (Fsp3) is 0.125. The van der Waals surface area contributed by atoms with Crippen molar-refractivity contribution in [3.8, 4) is 5.82 Å². The second-order valence-electron chi connectivity index (χ2n) is 11.8. The zero-order chi connectivity index (χ0) is 33.0. The van der Waals surface area contributed by atoms with Crippen molar-refractivity contribution in [1.29, 1.82) is 0 Å². The van der Waals surface area contributed by atoms with E-state index in [1.54, 1.807) is 18.3 Å². The Balaban J connectivity index is 1.30. The van der Waals surface area contributed by atoms with Gasteiger partial charge in [-0.05, 0) is 99.1 Å². The largest absolute Gasteiger partial charge is 0.349 e. The van der Waals surface area contributed by atoms with E-state index in [9.17, 15) is 0 Å². The van der Waals surface area contributed by atoms with Gasteiger partial charge in [0.25, 0.3) is 0 Å². The fourth-order valence-electron chi connectivity index (χ4n) is 6.61. The fourth-order valence-corrected chi connectivity index (χ4v) is 6.61. The summed E-state index contributed by atoms with van der Waals surface area (Å²) in [5, 5.41) is 2.15. The third-order valence-electron chi connectivity index (χ3n) is 8.70. The first-order valence-corrected chi connectivity index (χ1v) is 15.4. The lowest BCUT2D eigenvalue weighted by Gasteiger charge is -2.28. The predicted molar refractivity (Wildman–Crippen MR) is 189 cm³/mol. The summed E-state index contributed by atoms with van der Waals surface area (Å²) in [6, 6.07) is 46.1. The SMILES string of the molecule is [2H]C([2H])([2H])c1ccnc(-n2c3ccccc3c3ccc(N(c4ccccc4)c4cccc(N5CN(C(C)C)c6ccccc65)c4)cc32)c1. The number of hydrogen-bond donors (Lipinski definition) is 0. The summed E-state index contributed by atoms with van der Waals surface area (Å²) in [6.07, 6.45) is 1.58.